The van der Waals surface area contributed by atoms with Gasteiger partial charge in [0.25, 0.3) is 0 Å². The van der Waals surface area contributed by atoms with Crippen molar-refractivity contribution in [2.45, 2.75) is 0 Å². The van der Waals surface area contributed by atoms with E-state index in [0.717, 1.165) is 59.8 Å². The molecule has 41 heavy (non-hydrogen) atoms. The zero-order chi connectivity index (χ0) is 27.2. The topological polar surface area (TPSA) is 29.3 Å². The van der Waals surface area contributed by atoms with E-state index in [4.69, 9.17) is 9.40 Å². The molecule has 0 amide bonds. The Morgan fingerprint density at radius 3 is 1.98 bits per heavy atom. The van der Waals surface area contributed by atoms with E-state index in [1.54, 1.807) is 11.3 Å². The first-order chi connectivity index (χ1) is 20.3. The Bertz CT molecular complexity index is 2150. The summed E-state index contributed by atoms with van der Waals surface area (Å²) in [6.45, 7) is 0. The van der Waals surface area contributed by atoms with Crippen molar-refractivity contribution in [3.8, 4) is 21.7 Å². The van der Waals surface area contributed by atoms with E-state index in [-0.39, 0.29) is 0 Å². The van der Waals surface area contributed by atoms with Crippen LogP contribution >= 0.6 is 11.3 Å². The van der Waals surface area contributed by atoms with Crippen molar-refractivity contribution in [2.75, 3.05) is 4.90 Å². The van der Waals surface area contributed by atoms with Crippen molar-refractivity contribution in [1.29, 1.82) is 0 Å². The average molecular weight is 545 g/mol. The summed E-state index contributed by atoms with van der Waals surface area (Å²) >= 11 is 1.72. The van der Waals surface area contributed by atoms with Crippen LogP contribution in [-0.4, -0.2) is 4.98 Å². The van der Waals surface area contributed by atoms with Crippen molar-refractivity contribution in [1.82, 2.24) is 4.98 Å². The van der Waals surface area contributed by atoms with E-state index in [1.165, 1.54) is 11.1 Å². The van der Waals surface area contributed by atoms with Crippen LogP contribution in [0.2, 0.25) is 0 Å². The molecule has 0 aliphatic rings. The van der Waals surface area contributed by atoms with Crippen molar-refractivity contribution in [3.63, 3.8) is 0 Å². The minimum Gasteiger partial charge on any atom is -0.456 e. The van der Waals surface area contributed by atoms with Crippen LogP contribution in [0.15, 0.2) is 150 Å². The molecule has 0 saturated carbocycles. The molecule has 8 aromatic rings. The van der Waals surface area contributed by atoms with Gasteiger partial charge in [-0.25, -0.2) is 4.98 Å². The molecule has 0 atom stereocenters. The standard InChI is InChI=1S/C37H24N2OS/c1-3-10-25(11-4-1)26-18-20-28(21-19-26)39(29-22-23-31-30-14-7-8-16-33(30)40-34(31)24-29)32-15-9-17-35-36(32)38-37(41-35)27-12-5-2-6-13-27/h1-24H. The number of benzene rings is 6. The number of anilines is 3. The highest BCUT2D eigenvalue weighted by molar-refractivity contribution is 7.21. The minimum absolute atomic E-state index is 0.866. The maximum absolute atomic E-state index is 6.30. The summed E-state index contributed by atoms with van der Waals surface area (Å²) in [5.41, 5.74) is 9.35. The van der Waals surface area contributed by atoms with Gasteiger partial charge in [-0.3, -0.25) is 0 Å². The predicted octanol–water partition coefficient (Wildman–Crippen LogP) is 11.0. The van der Waals surface area contributed by atoms with Gasteiger partial charge in [0.05, 0.1) is 10.4 Å². The van der Waals surface area contributed by atoms with E-state index in [9.17, 15) is 0 Å². The molecule has 0 spiro atoms. The monoisotopic (exact) mass is 544 g/mol. The summed E-state index contributed by atoms with van der Waals surface area (Å²) in [7, 11) is 0. The largest absolute Gasteiger partial charge is 0.456 e. The fourth-order valence-electron chi connectivity index (χ4n) is 5.53. The molecular formula is C37H24N2OS. The highest BCUT2D eigenvalue weighted by Gasteiger charge is 2.20. The molecule has 0 unspecified atom stereocenters. The Morgan fingerprint density at radius 2 is 1.17 bits per heavy atom. The summed E-state index contributed by atoms with van der Waals surface area (Å²) < 4.78 is 7.45. The van der Waals surface area contributed by atoms with Crippen LogP contribution in [0.3, 0.4) is 0 Å². The third-order valence-electron chi connectivity index (χ3n) is 7.51. The van der Waals surface area contributed by atoms with Gasteiger partial charge < -0.3 is 9.32 Å². The second kappa shape index (κ2) is 9.77. The quantitative estimate of drug-likeness (QED) is 0.216. The molecule has 0 bridgehead atoms. The second-order valence-electron chi connectivity index (χ2n) is 10.0. The minimum atomic E-state index is 0.866. The average Bonchev–Trinajstić information content (AvgIpc) is 3.65. The Morgan fingerprint density at radius 1 is 0.512 bits per heavy atom. The SMILES string of the molecule is c1ccc(-c2ccc(N(c3ccc4c(c3)oc3ccccc34)c3cccc4sc(-c5ccccc5)nc34)cc2)cc1. The summed E-state index contributed by atoms with van der Waals surface area (Å²) in [6.07, 6.45) is 0. The van der Waals surface area contributed by atoms with Crippen LogP contribution < -0.4 is 4.90 Å². The molecular weight excluding hydrogens is 520 g/mol. The van der Waals surface area contributed by atoms with Gasteiger partial charge >= 0.3 is 0 Å². The highest BCUT2D eigenvalue weighted by atomic mass is 32.1. The first-order valence-electron chi connectivity index (χ1n) is 13.6. The van der Waals surface area contributed by atoms with E-state index in [1.807, 2.05) is 24.3 Å². The third kappa shape index (κ3) is 4.17. The van der Waals surface area contributed by atoms with E-state index < -0.39 is 0 Å². The van der Waals surface area contributed by atoms with Crippen molar-refractivity contribution in [3.05, 3.63) is 146 Å². The Labute approximate surface area is 241 Å². The van der Waals surface area contributed by atoms with Crippen LogP contribution in [0.4, 0.5) is 17.1 Å². The summed E-state index contributed by atoms with van der Waals surface area (Å²) in [6, 6.07) is 50.8. The smallest absolute Gasteiger partial charge is 0.137 e. The number of aromatic nitrogens is 1. The van der Waals surface area contributed by atoms with Crippen LogP contribution in [-0.2, 0) is 0 Å². The molecule has 2 aromatic heterocycles. The number of furan rings is 1. The second-order valence-corrected chi connectivity index (χ2v) is 11.1. The molecule has 8 rings (SSSR count). The van der Waals surface area contributed by atoms with E-state index in [0.29, 0.717) is 0 Å². The fourth-order valence-corrected chi connectivity index (χ4v) is 6.53. The first-order valence-corrected chi connectivity index (χ1v) is 14.5. The summed E-state index contributed by atoms with van der Waals surface area (Å²) in [4.78, 5) is 7.46. The normalized spacial score (nSPS) is 11.4. The molecule has 0 saturated heterocycles. The van der Waals surface area contributed by atoms with Gasteiger partial charge in [0.2, 0.25) is 0 Å². The number of rotatable bonds is 5. The molecule has 194 valence electrons. The fraction of sp³-hybridized carbons (Fsp3) is 0. The predicted molar refractivity (Wildman–Crippen MR) is 172 cm³/mol. The van der Waals surface area contributed by atoms with Gasteiger partial charge in [-0.1, -0.05) is 97.1 Å². The van der Waals surface area contributed by atoms with Crippen LogP contribution in [0.5, 0.6) is 0 Å². The molecule has 3 nitrogen and oxygen atoms in total. The number of hydrogen-bond acceptors (Lipinski definition) is 4. The number of thiazole rings is 1. The Hall–Kier alpha value is -5.19. The van der Waals surface area contributed by atoms with Gasteiger partial charge in [0.15, 0.2) is 0 Å². The number of hydrogen-bond donors (Lipinski definition) is 0. The molecule has 0 fully saturated rings. The van der Waals surface area contributed by atoms with Gasteiger partial charge in [0, 0.05) is 33.8 Å². The Kier molecular flexibility index (Phi) is 5.64. The molecule has 0 N–H and O–H groups in total. The number of para-hydroxylation sites is 2. The molecule has 6 aromatic carbocycles. The molecule has 0 radical (unpaired) electrons. The summed E-state index contributed by atoms with van der Waals surface area (Å²) in [5, 5.41) is 3.25. The van der Waals surface area contributed by atoms with Gasteiger partial charge in [-0.05, 0) is 53.6 Å². The van der Waals surface area contributed by atoms with Crippen LogP contribution in [0, 0.1) is 0 Å². The summed E-state index contributed by atoms with van der Waals surface area (Å²) in [5.74, 6) is 0. The molecule has 0 aliphatic heterocycles. The maximum atomic E-state index is 6.30. The zero-order valence-electron chi connectivity index (χ0n) is 22.1. The van der Waals surface area contributed by atoms with E-state index >= 15 is 0 Å². The lowest BCUT2D eigenvalue weighted by Crippen LogP contribution is -2.10. The first kappa shape index (κ1) is 23.7. The number of fused-ring (bicyclic) bond motifs is 4. The van der Waals surface area contributed by atoms with Gasteiger partial charge in [-0.15, -0.1) is 11.3 Å². The van der Waals surface area contributed by atoms with Gasteiger partial charge in [0.1, 0.15) is 21.7 Å². The molecule has 0 aliphatic carbocycles. The van der Waals surface area contributed by atoms with Crippen LogP contribution in [0.1, 0.15) is 0 Å². The van der Waals surface area contributed by atoms with E-state index in [2.05, 4.69) is 126 Å². The lowest BCUT2D eigenvalue weighted by atomic mass is 10.0. The highest BCUT2D eigenvalue weighted by Crippen LogP contribution is 2.43. The Balaban J connectivity index is 1.32. The van der Waals surface area contributed by atoms with Gasteiger partial charge in [-0.2, -0.15) is 0 Å². The van der Waals surface area contributed by atoms with Crippen molar-refractivity contribution < 1.29 is 4.42 Å². The molecule has 2 heterocycles. The number of nitrogens with zero attached hydrogens (tertiary/aromatic N) is 2. The van der Waals surface area contributed by atoms with Crippen molar-refractivity contribution in [2.24, 2.45) is 0 Å². The van der Waals surface area contributed by atoms with Crippen molar-refractivity contribution >= 4 is 60.6 Å². The van der Waals surface area contributed by atoms with Crippen LogP contribution in [0.25, 0.3) is 53.9 Å². The molecule has 4 heteroatoms. The lowest BCUT2D eigenvalue weighted by molar-refractivity contribution is 0.669. The lowest BCUT2D eigenvalue weighted by Gasteiger charge is -2.26. The zero-order valence-corrected chi connectivity index (χ0v) is 22.9. The third-order valence-corrected chi connectivity index (χ3v) is 8.58. The maximum Gasteiger partial charge on any atom is 0.137 e.